The van der Waals surface area contributed by atoms with Crippen molar-refractivity contribution in [3.05, 3.63) is 129 Å². The predicted molar refractivity (Wildman–Crippen MR) is 185 cm³/mol. The van der Waals surface area contributed by atoms with Crippen LogP contribution in [0.15, 0.2) is 102 Å². The molecule has 6 rings (SSSR count). The fourth-order valence-corrected chi connectivity index (χ4v) is 28.7. The maximum atomic E-state index is 7.16. The minimum atomic E-state index is -3.70. The van der Waals surface area contributed by atoms with E-state index in [0.717, 1.165) is 5.02 Å². The van der Waals surface area contributed by atoms with E-state index in [2.05, 4.69) is 140 Å². The molecule has 0 N–H and O–H groups in total. The van der Waals surface area contributed by atoms with E-state index in [0.29, 0.717) is 13.2 Å². The topological polar surface area (TPSA) is 0 Å². The molecule has 0 aromatic heterocycles. The molecule has 0 radical (unpaired) electrons. The van der Waals surface area contributed by atoms with Crippen LogP contribution in [0.4, 0.5) is 0 Å². The van der Waals surface area contributed by atoms with E-state index in [9.17, 15) is 0 Å². The summed E-state index contributed by atoms with van der Waals surface area (Å²) in [7, 11) is 0. The molecule has 2 aliphatic carbocycles. The maximum absolute atomic E-state index is 7.16. The minimum Gasteiger partial charge on any atom is -0.147 e. The molecule has 5 heteroatoms. The van der Waals surface area contributed by atoms with Crippen LogP contribution in [0.5, 0.6) is 0 Å². The molecule has 2 unspecified atom stereocenters. The van der Waals surface area contributed by atoms with E-state index in [1.165, 1.54) is 50.1 Å². The summed E-state index contributed by atoms with van der Waals surface area (Å²) in [5, 5.41) is 0.921. The summed E-state index contributed by atoms with van der Waals surface area (Å²) in [6.07, 6.45) is 5.01. The molecule has 0 saturated heterocycles. The van der Waals surface area contributed by atoms with Crippen molar-refractivity contribution in [1.82, 2.24) is 0 Å². The van der Waals surface area contributed by atoms with Crippen LogP contribution >= 0.6 is 36.4 Å². The van der Waals surface area contributed by atoms with Gasteiger partial charge in [0.05, 0.1) is 0 Å². The van der Waals surface area contributed by atoms with Crippen LogP contribution in [0, 0.1) is 5.92 Å². The number of halogens is 3. The van der Waals surface area contributed by atoms with Crippen molar-refractivity contribution in [2.24, 2.45) is 5.92 Å². The van der Waals surface area contributed by atoms with Crippen LogP contribution < -0.4 is 0 Å². The Morgan fingerprint density at radius 1 is 0.683 bits per heavy atom. The van der Waals surface area contributed by atoms with Gasteiger partial charge in [-0.2, -0.15) is 0 Å². The molecule has 0 amide bonds. The minimum absolute atomic E-state index is 0. The van der Waals surface area contributed by atoms with Gasteiger partial charge in [0, 0.05) is 0 Å². The van der Waals surface area contributed by atoms with E-state index in [1.807, 2.05) is 0 Å². The summed E-state index contributed by atoms with van der Waals surface area (Å²) in [4.78, 5) is 0. The van der Waals surface area contributed by atoms with Crippen LogP contribution in [-0.2, 0) is 17.4 Å². The SMILES string of the molecule is CC1=Cc2c(-c3ccccc3)ccc(Cl)c2[CH]1[Zr]([CH3])([CH3])(=[SiH2])[CH]1C(C(C)C)=Cc2c(-c3ccccc3)cccc21.Cl.Cl. The maximum Gasteiger partial charge on any atom is -0.147 e. The second kappa shape index (κ2) is 11.8. The van der Waals surface area contributed by atoms with Gasteiger partial charge in [0.25, 0.3) is 0 Å². The molecular formula is C36H39Cl3SiZr. The fraction of sp³-hybridized carbons (Fsp3) is 0.222. The number of fused-ring (bicyclic) bond motifs is 2. The Hall–Kier alpha value is -1.67. The van der Waals surface area contributed by atoms with Gasteiger partial charge in [-0.05, 0) is 0 Å². The average Bonchev–Trinajstić information content (AvgIpc) is 3.50. The number of hydrogen-bond donors (Lipinski definition) is 0. The van der Waals surface area contributed by atoms with Crippen LogP contribution in [0.2, 0.25) is 14.3 Å². The number of benzene rings is 4. The van der Waals surface area contributed by atoms with Crippen molar-refractivity contribution in [3.63, 3.8) is 0 Å². The van der Waals surface area contributed by atoms with Gasteiger partial charge in [-0.3, -0.25) is 0 Å². The Balaban J connectivity index is 0.00000194. The predicted octanol–water partition coefficient (Wildman–Crippen LogP) is 11.1. The summed E-state index contributed by atoms with van der Waals surface area (Å²) in [6, 6.07) is 33.0. The Kier molecular flexibility index (Phi) is 9.27. The summed E-state index contributed by atoms with van der Waals surface area (Å²) in [5.41, 5.74) is 14.0. The third-order valence-electron chi connectivity index (χ3n) is 9.18. The Morgan fingerprint density at radius 3 is 1.80 bits per heavy atom. The summed E-state index contributed by atoms with van der Waals surface area (Å²) in [5.74, 6) is 0.486. The zero-order valence-electron chi connectivity index (χ0n) is 24.4. The van der Waals surface area contributed by atoms with E-state index < -0.39 is 17.4 Å². The molecule has 0 aliphatic heterocycles. The molecule has 4 aromatic rings. The first-order valence-electron chi connectivity index (χ1n) is 14.1. The van der Waals surface area contributed by atoms with Gasteiger partial charge in [0.15, 0.2) is 0 Å². The second-order valence-electron chi connectivity index (χ2n) is 13.0. The van der Waals surface area contributed by atoms with E-state index in [1.54, 1.807) is 5.57 Å². The van der Waals surface area contributed by atoms with Crippen LogP contribution in [0.3, 0.4) is 0 Å². The van der Waals surface area contributed by atoms with Crippen molar-refractivity contribution >= 4 is 55.4 Å². The first-order chi connectivity index (χ1) is 18.6. The quantitative estimate of drug-likeness (QED) is 0.182. The zero-order chi connectivity index (χ0) is 27.6. The third-order valence-corrected chi connectivity index (χ3v) is 27.1. The molecule has 4 aromatic carbocycles. The number of allylic oxidation sites excluding steroid dienone is 2. The van der Waals surface area contributed by atoms with Crippen molar-refractivity contribution < 1.29 is 17.4 Å². The van der Waals surface area contributed by atoms with Crippen molar-refractivity contribution in [2.45, 2.75) is 37.3 Å². The van der Waals surface area contributed by atoms with Crippen molar-refractivity contribution in [1.29, 1.82) is 0 Å². The van der Waals surface area contributed by atoms with Crippen molar-refractivity contribution in [2.75, 3.05) is 0 Å². The largest absolute Gasteiger partial charge is 0.147 e. The van der Waals surface area contributed by atoms with Gasteiger partial charge in [-0.25, -0.2) is 0 Å². The van der Waals surface area contributed by atoms with Crippen LogP contribution in [0.1, 0.15) is 50.3 Å². The fourth-order valence-electron chi connectivity index (χ4n) is 7.71. The summed E-state index contributed by atoms with van der Waals surface area (Å²) >= 11 is 3.45. The molecule has 2 aliphatic rings. The van der Waals surface area contributed by atoms with E-state index in [-0.39, 0.29) is 24.8 Å². The molecule has 0 bridgehead atoms. The van der Waals surface area contributed by atoms with Crippen LogP contribution in [0.25, 0.3) is 34.4 Å². The van der Waals surface area contributed by atoms with Gasteiger partial charge in [-0.15, -0.1) is 24.8 Å². The van der Waals surface area contributed by atoms with E-state index >= 15 is 0 Å². The average molecular weight is 697 g/mol. The molecule has 0 heterocycles. The number of rotatable bonds is 5. The van der Waals surface area contributed by atoms with Gasteiger partial charge in [0.1, 0.15) is 0 Å². The smallest absolute Gasteiger partial charge is 0.147 e. The number of hydrogen-bond acceptors (Lipinski definition) is 0. The van der Waals surface area contributed by atoms with Gasteiger partial charge in [0.2, 0.25) is 0 Å². The Morgan fingerprint density at radius 2 is 1.24 bits per heavy atom. The molecule has 0 nitrogen and oxygen atoms in total. The first-order valence-corrected chi connectivity index (χ1v) is 28.2. The van der Waals surface area contributed by atoms with Gasteiger partial charge in [-0.1, -0.05) is 0 Å². The third kappa shape index (κ3) is 5.34. The first kappa shape index (κ1) is 32.2. The molecule has 2 atom stereocenters. The molecule has 212 valence electrons. The molecule has 0 saturated carbocycles. The standard InChI is InChI=1S/C18H17.C16H12Cl.2CH3.2ClH.H2Si.Zr/c1-13(2)16-11-15-9-6-10-17(18(15)12-16)14-7-4-3-5-8-14;1-11-9-14-13(12-5-3-2-4-6-12)7-8-16(17)15(14)10-11;;;;;;/h3-13H,1-2H3;2-10H,1H3;2*1H3;2*1H;1H2;. The Labute approximate surface area is 265 Å². The molecular weight excluding hydrogens is 658 g/mol. The Bertz CT molecular complexity index is 1730. The molecule has 0 fully saturated rings. The van der Waals surface area contributed by atoms with E-state index in [4.69, 9.17) is 11.6 Å². The summed E-state index contributed by atoms with van der Waals surface area (Å²) < 4.78 is 6.27. The van der Waals surface area contributed by atoms with Crippen molar-refractivity contribution in [3.8, 4) is 22.3 Å². The molecule has 0 spiro atoms. The van der Waals surface area contributed by atoms with Gasteiger partial charge >= 0.3 is 243 Å². The van der Waals surface area contributed by atoms with Crippen LogP contribution in [-0.4, -0.2) is 6.88 Å². The normalized spacial score (nSPS) is 17.7. The zero-order valence-corrected chi connectivity index (χ0v) is 30.7. The molecule has 41 heavy (non-hydrogen) atoms. The summed E-state index contributed by atoms with van der Waals surface area (Å²) in [6.45, 7) is 9.52. The monoisotopic (exact) mass is 694 g/mol. The van der Waals surface area contributed by atoms with Gasteiger partial charge < -0.3 is 0 Å². The second-order valence-corrected chi connectivity index (χ2v) is 43.8.